The van der Waals surface area contributed by atoms with Crippen molar-refractivity contribution >= 4 is 0 Å². The summed E-state index contributed by atoms with van der Waals surface area (Å²) in [5.41, 5.74) is 0.148. The van der Waals surface area contributed by atoms with Crippen molar-refractivity contribution in [3.63, 3.8) is 0 Å². The third-order valence-corrected chi connectivity index (χ3v) is 4.39. The lowest BCUT2D eigenvalue weighted by molar-refractivity contribution is 0.201. The SMILES string of the molecule is CC(C)c1nnc2n1CCN(Cc1cc(=O)n(C)c(=O)n1C)C2. The van der Waals surface area contributed by atoms with Crippen LogP contribution in [0.3, 0.4) is 0 Å². The van der Waals surface area contributed by atoms with Crippen LogP contribution >= 0.6 is 0 Å². The van der Waals surface area contributed by atoms with Gasteiger partial charge in [0.1, 0.15) is 11.6 Å². The molecular weight excluding hydrogens is 296 g/mol. The van der Waals surface area contributed by atoms with Crippen LogP contribution in [-0.2, 0) is 33.7 Å². The summed E-state index contributed by atoms with van der Waals surface area (Å²) in [4.78, 5) is 26.0. The standard InChI is InChI=1S/C15H22N6O2/c1-10(2)14-17-16-12-9-20(5-6-21(12)14)8-11-7-13(22)19(4)15(23)18(11)3/h7,10H,5-6,8-9H2,1-4H3. The molecule has 0 spiro atoms. The summed E-state index contributed by atoms with van der Waals surface area (Å²) in [5, 5.41) is 8.55. The zero-order valence-electron chi connectivity index (χ0n) is 14.0. The fraction of sp³-hybridized carbons (Fsp3) is 0.600. The molecule has 0 bridgehead atoms. The number of hydrogen-bond acceptors (Lipinski definition) is 5. The molecule has 0 radical (unpaired) electrons. The molecular formula is C15H22N6O2. The van der Waals surface area contributed by atoms with E-state index in [9.17, 15) is 9.59 Å². The highest BCUT2D eigenvalue weighted by Gasteiger charge is 2.23. The highest BCUT2D eigenvalue weighted by Crippen LogP contribution is 2.19. The van der Waals surface area contributed by atoms with E-state index in [0.29, 0.717) is 19.0 Å². The maximum Gasteiger partial charge on any atom is 0.330 e. The Labute approximate surface area is 134 Å². The highest BCUT2D eigenvalue weighted by atomic mass is 16.2. The number of rotatable bonds is 3. The van der Waals surface area contributed by atoms with Crippen molar-refractivity contribution < 1.29 is 0 Å². The molecule has 1 aliphatic rings. The molecule has 23 heavy (non-hydrogen) atoms. The second kappa shape index (κ2) is 5.77. The van der Waals surface area contributed by atoms with Gasteiger partial charge in [-0.1, -0.05) is 13.8 Å². The number of nitrogens with zero attached hydrogens (tertiary/aromatic N) is 6. The van der Waals surface area contributed by atoms with Crippen molar-refractivity contribution in [2.24, 2.45) is 14.1 Å². The van der Waals surface area contributed by atoms with Crippen LogP contribution in [0.25, 0.3) is 0 Å². The van der Waals surface area contributed by atoms with Crippen LogP contribution in [0.1, 0.15) is 37.1 Å². The predicted molar refractivity (Wildman–Crippen MR) is 85.1 cm³/mol. The first-order chi connectivity index (χ1) is 10.9. The van der Waals surface area contributed by atoms with Crippen molar-refractivity contribution in [1.82, 2.24) is 28.8 Å². The van der Waals surface area contributed by atoms with Gasteiger partial charge in [-0.3, -0.25) is 18.8 Å². The summed E-state index contributed by atoms with van der Waals surface area (Å²) in [6.07, 6.45) is 0. The van der Waals surface area contributed by atoms with Gasteiger partial charge in [-0.2, -0.15) is 0 Å². The first kappa shape index (κ1) is 15.7. The van der Waals surface area contributed by atoms with Crippen LogP contribution in [0.5, 0.6) is 0 Å². The van der Waals surface area contributed by atoms with Crippen LogP contribution in [0, 0.1) is 0 Å². The van der Waals surface area contributed by atoms with E-state index in [1.54, 1.807) is 7.05 Å². The van der Waals surface area contributed by atoms with Crippen molar-refractivity contribution in [1.29, 1.82) is 0 Å². The topological polar surface area (TPSA) is 78.0 Å². The van der Waals surface area contributed by atoms with Crippen LogP contribution < -0.4 is 11.2 Å². The Hall–Kier alpha value is -2.22. The molecule has 8 nitrogen and oxygen atoms in total. The zero-order valence-corrected chi connectivity index (χ0v) is 14.0. The molecule has 3 rings (SSSR count). The van der Waals surface area contributed by atoms with E-state index in [1.165, 1.54) is 17.7 Å². The predicted octanol–water partition coefficient (Wildman–Crippen LogP) is -0.185. The highest BCUT2D eigenvalue weighted by molar-refractivity contribution is 5.06. The average Bonchev–Trinajstić information content (AvgIpc) is 2.94. The van der Waals surface area contributed by atoms with Crippen LogP contribution in [-0.4, -0.2) is 35.3 Å². The molecule has 1 aliphatic heterocycles. The van der Waals surface area contributed by atoms with E-state index in [2.05, 4.69) is 33.5 Å². The van der Waals surface area contributed by atoms with Gasteiger partial charge in [0.2, 0.25) is 0 Å². The lowest BCUT2D eigenvalue weighted by atomic mass is 10.2. The lowest BCUT2D eigenvalue weighted by Crippen LogP contribution is -2.41. The van der Waals surface area contributed by atoms with Crippen LogP contribution in [0.4, 0.5) is 0 Å². The van der Waals surface area contributed by atoms with Gasteiger partial charge in [0, 0.05) is 51.4 Å². The minimum absolute atomic E-state index is 0.273. The third kappa shape index (κ3) is 2.74. The lowest BCUT2D eigenvalue weighted by Gasteiger charge is -2.28. The number of fused-ring (bicyclic) bond motifs is 1. The van der Waals surface area contributed by atoms with Crippen LogP contribution in [0.15, 0.2) is 15.7 Å². The second-order valence-electron chi connectivity index (χ2n) is 6.37. The molecule has 0 fully saturated rings. The van der Waals surface area contributed by atoms with Crippen molar-refractivity contribution in [3.05, 3.63) is 44.2 Å². The summed E-state index contributed by atoms with van der Waals surface area (Å²) in [6.45, 7) is 7.11. The fourth-order valence-corrected chi connectivity index (χ4v) is 2.95. The molecule has 0 N–H and O–H groups in total. The Balaban J connectivity index is 1.83. The first-order valence-corrected chi connectivity index (χ1v) is 7.78. The Bertz CT molecular complexity index is 845. The summed E-state index contributed by atoms with van der Waals surface area (Å²) in [7, 11) is 3.19. The molecule has 0 saturated heterocycles. The van der Waals surface area contributed by atoms with Gasteiger partial charge in [-0.05, 0) is 0 Å². The van der Waals surface area contributed by atoms with Gasteiger partial charge < -0.3 is 4.57 Å². The summed E-state index contributed by atoms with van der Waals surface area (Å²) in [6, 6.07) is 1.53. The summed E-state index contributed by atoms with van der Waals surface area (Å²) in [5.74, 6) is 2.30. The van der Waals surface area contributed by atoms with Crippen molar-refractivity contribution in [2.45, 2.75) is 39.4 Å². The van der Waals surface area contributed by atoms with Crippen LogP contribution in [0.2, 0.25) is 0 Å². The number of hydrogen-bond donors (Lipinski definition) is 0. The average molecular weight is 318 g/mol. The monoisotopic (exact) mass is 318 g/mol. The number of aromatic nitrogens is 5. The van der Waals surface area contributed by atoms with Gasteiger partial charge in [0.15, 0.2) is 0 Å². The van der Waals surface area contributed by atoms with Gasteiger partial charge in [0.25, 0.3) is 5.56 Å². The van der Waals surface area contributed by atoms with E-state index in [4.69, 9.17) is 0 Å². The molecule has 3 heterocycles. The third-order valence-electron chi connectivity index (χ3n) is 4.39. The summed E-state index contributed by atoms with van der Waals surface area (Å²) < 4.78 is 4.82. The fourth-order valence-electron chi connectivity index (χ4n) is 2.95. The van der Waals surface area contributed by atoms with Gasteiger partial charge in [-0.25, -0.2) is 4.79 Å². The minimum Gasteiger partial charge on any atom is -0.312 e. The largest absolute Gasteiger partial charge is 0.330 e. The molecule has 2 aromatic heterocycles. The van der Waals surface area contributed by atoms with E-state index in [0.717, 1.165) is 35.0 Å². The maximum atomic E-state index is 12.0. The molecule has 124 valence electrons. The Morgan fingerprint density at radius 3 is 2.57 bits per heavy atom. The van der Waals surface area contributed by atoms with Gasteiger partial charge in [0.05, 0.1) is 6.54 Å². The normalized spacial score (nSPS) is 15.2. The van der Waals surface area contributed by atoms with Gasteiger partial charge >= 0.3 is 5.69 Å². The molecule has 0 aliphatic carbocycles. The molecule has 0 atom stereocenters. The van der Waals surface area contributed by atoms with E-state index < -0.39 is 0 Å². The minimum atomic E-state index is -0.297. The molecule has 0 saturated carbocycles. The van der Waals surface area contributed by atoms with Crippen molar-refractivity contribution in [2.75, 3.05) is 6.54 Å². The Morgan fingerprint density at radius 1 is 1.13 bits per heavy atom. The van der Waals surface area contributed by atoms with E-state index in [1.807, 2.05) is 0 Å². The molecule has 8 heteroatoms. The maximum absolute atomic E-state index is 12.0. The molecule has 0 amide bonds. The van der Waals surface area contributed by atoms with E-state index in [-0.39, 0.29) is 11.2 Å². The zero-order chi connectivity index (χ0) is 16.7. The molecule has 0 unspecified atom stereocenters. The summed E-state index contributed by atoms with van der Waals surface area (Å²) >= 11 is 0. The quantitative estimate of drug-likeness (QED) is 0.784. The smallest absolute Gasteiger partial charge is 0.312 e. The second-order valence-corrected chi connectivity index (χ2v) is 6.37. The van der Waals surface area contributed by atoms with E-state index >= 15 is 0 Å². The van der Waals surface area contributed by atoms with Gasteiger partial charge in [-0.15, -0.1) is 10.2 Å². The van der Waals surface area contributed by atoms with Crippen molar-refractivity contribution in [3.8, 4) is 0 Å². The first-order valence-electron chi connectivity index (χ1n) is 7.78. The molecule has 2 aromatic rings. The Kier molecular flexibility index (Phi) is 3.93. The molecule has 0 aromatic carbocycles. The Morgan fingerprint density at radius 2 is 1.87 bits per heavy atom.